The molecular weight excluding hydrogens is 342 g/mol. The molecule has 0 saturated carbocycles. The smallest absolute Gasteiger partial charge is 0.253 e. The summed E-state index contributed by atoms with van der Waals surface area (Å²) in [5, 5.41) is 0. The zero-order valence-corrected chi connectivity index (χ0v) is 15.6. The van der Waals surface area contributed by atoms with Crippen molar-refractivity contribution in [3.63, 3.8) is 0 Å². The third kappa shape index (κ3) is 4.15. The lowest BCUT2D eigenvalue weighted by Gasteiger charge is -2.37. The highest BCUT2D eigenvalue weighted by Crippen LogP contribution is 2.32. The van der Waals surface area contributed by atoms with E-state index in [0.717, 1.165) is 18.4 Å². The molecule has 0 bridgehead atoms. The largest absolute Gasteiger partial charge is 0.489 e. The lowest BCUT2D eigenvalue weighted by atomic mass is 10.0. The fourth-order valence-electron chi connectivity index (χ4n) is 3.71. The molecule has 2 heterocycles. The maximum atomic E-state index is 12.9. The Kier molecular flexibility index (Phi) is 5.14. The highest BCUT2D eigenvalue weighted by atomic mass is 16.7. The lowest BCUT2D eigenvalue weighted by Crippen LogP contribution is -2.47. The van der Waals surface area contributed by atoms with E-state index in [1.54, 1.807) is 0 Å². The van der Waals surface area contributed by atoms with E-state index in [0.29, 0.717) is 44.2 Å². The minimum atomic E-state index is -0.463. The summed E-state index contributed by atoms with van der Waals surface area (Å²) < 4.78 is 17.4. The number of aryl methyl sites for hydroxylation is 1. The summed E-state index contributed by atoms with van der Waals surface area (Å²) >= 11 is 0. The molecule has 2 fully saturated rings. The topological polar surface area (TPSA) is 48.0 Å². The quantitative estimate of drug-likeness (QED) is 0.829. The van der Waals surface area contributed by atoms with Crippen LogP contribution in [0.5, 0.6) is 5.75 Å². The highest BCUT2D eigenvalue weighted by molar-refractivity contribution is 5.94. The van der Waals surface area contributed by atoms with Gasteiger partial charge in [-0.25, -0.2) is 0 Å². The average Bonchev–Trinajstić information content (AvgIpc) is 3.15. The van der Waals surface area contributed by atoms with Crippen LogP contribution < -0.4 is 4.74 Å². The first-order valence-electron chi connectivity index (χ1n) is 9.49. The second-order valence-electron chi connectivity index (χ2n) is 7.21. The number of hydrogen-bond acceptors (Lipinski definition) is 4. The molecule has 1 spiro atoms. The van der Waals surface area contributed by atoms with Crippen molar-refractivity contribution in [1.82, 2.24) is 4.90 Å². The second kappa shape index (κ2) is 7.71. The number of piperidine rings is 1. The fraction of sp³-hybridized carbons (Fsp3) is 0.409. The Morgan fingerprint density at radius 3 is 2.56 bits per heavy atom. The van der Waals surface area contributed by atoms with Crippen molar-refractivity contribution in [2.24, 2.45) is 0 Å². The predicted octanol–water partition coefficient (Wildman–Crippen LogP) is 3.55. The molecule has 5 nitrogen and oxygen atoms in total. The molecule has 0 aliphatic carbocycles. The molecule has 0 aromatic heterocycles. The van der Waals surface area contributed by atoms with Crippen LogP contribution in [0.3, 0.4) is 0 Å². The SMILES string of the molecule is Cc1cccc(COc2cccc(C(=O)N3CCC4(CC3)OCCO4)c2)c1. The van der Waals surface area contributed by atoms with E-state index < -0.39 is 5.79 Å². The predicted molar refractivity (Wildman–Crippen MR) is 102 cm³/mol. The summed E-state index contributed by atoms with van der Waals surface area (Å²) in [5.41, 5.74) is 2.98. The molecule has 0 N–H and O–H groups in total. The molecule has 5 heteroatoms. The Morgan fingerprint density at radius 2 is 1.81 bits per heavy atom. The number of carbonyl (C=O) groups is 1. The third-order valence-electron chi connectivity index (χ3n) is 5.19. The Bertz CT molecular complexity index is 803. The summed E-state index contributed by atoms with van der Waals surface area (Å²) in [6.07, 6.45) is 1.45. The molecule has 2 saturated heterocycles. The number of carbonyl (C=O) groups excluding carboxylic acids is 1. The first-order valence-corrected chi connectivity index (χ1v) is 9.49. The zero-order valence-electron chi connectivity index (χ0n) is 15.6. The highest BCUT2D eigenvalue weighted by Gasteiger charge is 2.40. The van der Waals surface area contributed by atoms with Crippen LogP contribution in [-0.4, -0.2) is 42.9 Å². The van der Waals surface area contributed by atoms with Crippen LogP contribution in [0.1, 0.15) is 34.3 Å². The summed E-state index contributed by atoms with van der Waals surface area (Å²) in [6, 6.07) is 15.7. The molecule has 2 aliphatic rings. The van der Waals surface area contributed by atoms with Gasteiger partial charge in [0.1, 0.15) is 12.4 Å². The van der Waals surface area contributed by atoms with Crippen LogP contribution in [0, 0.1) is 6.92 Å². The monoisotopic (exact) mass is 367 g/mol. The van der Waals surface area contributed by atoms with E-state index in [1.165, 1.54) is 5.56 Å². The summed E-state index contributed by atoms with van der Waals surface area (Å²) in [7, 11) is 0. The standard InChI is InChI=1S/C22H25NO4/c1-17-4-2-5-18(14-17)16-25-20-7-3-6-19(15-20)21(24)23-10-8-22(9-11-23)26-12-13-27-22/h2-7,14-15H,8-13,16H2,1H3. The van der Waals surface area contributed by atoms with E-state index in [9.17, 15) is 4.79 Å². The minimum Gasteiger partial charge on any atom is -0.489 e. The first-order chi connectivity index (χ1) is 13.1. The average molecular weight is 367 g/mol. The second-order valence-corrected chi connectivity index (χ2v) is 7.21. The Morgan fingerprint density at radius 1 is 1.07 bits per heavy atom. The van der Waals surface area contributed by atoms with Gasteiger partial charge in [0, 0.05) is 31.5 Å². The maximum absolute atomic E-state index is 12.9. The van der Waals surface area contributed by atoms with Crippen molar-refractivity contribution in [1.29, 1.82) is 0 Å². The Labute approximate surface area is 159 Å². The van der Waals surface area contributed by atoms with Crippen molar-refractivity contribution in [2.75, 3.05) is 26.3 Å². The van der Waals surface area contributed by atoms with Gasteiger partial charge in [0.2, 0.25) is 0 Å². The molecule has 2 aromatic carbocycles. The number of ether oxygens (including phenoxy) is 3. The van der Waals surface area contributed by atoms with Crippen molar-refractivity contribution >= 4 is 5.91 Å². The fourth-order valence-corrected chi connectivity index (χ4v) is 3.71. The van der Waals surface area contributed by atoms with Gasteiger partial charge in [-0.15, -0.1) is 0 Å². The molecule has 0 radical (unpaired) electrons. The van der Waals surface area contributed by atoms with Gasteiger partial charge in [0.05, 0.1) is 13.2 Å². The van der Waals surface area contributed by atoms with E-state index in [4.69, 9.17) is 14.2 Å². The van der Waals surface area contributed by atoms with Gasteiger partial charge < -0.3 is 19.1 Å². The van der Waals surface area contributed by atoms with Gasteiger partial charge in [-0.3, -0.25) is 4.79 Å². The number of rotatable bonds is 4. The van der Waals surface area contributed by atoms with Gasteiger partial charge in [0.25, 0.3) is 5.91 Å². The Balaban J connectivity index is 1.37. The van der Waals surface area contributed by atoms with E-state index in [2.05, 4.69) is 19.1 Å². The molecule has 1 amide bonds. The number of nitrogens with zero attached hydrogens (tertiary/aromatic N) is 1. The van der Waals surface area contributed by atoms with E-state index in [-0.39, 0.29) is 5.91 Å². The van der Waals surface area contributed by atoms with Crippen LogP contribution in [0.4, 0.5) is 0 Å². The zero-order chi connectivity index (χ0) is 18.7. The number of benzene rings is 2. The van der Waals surface area contributed by atoms with Gasteiger partial charge in [-0.2, -0.15) is 0 Å². The number of hydrogen-bond donors (Lipinski definition) is 0. The lowest BCUT2D eigenvalue weighted by molar-refractivity contribution is -0.181. The van der Waals surface area contributed by atoms with Crippen LogP contribution in [0.25, 0.3) is 0 Å². The van der Waals surface area contributed by atoms with Crippen LogP contribution in [0.2, 0.25) is 0 Å². The van der Waals surface area contributed by atoms with Crippen molar-refractivity contribution in [3.8, 4) is 5.75 Å². The molecule has 27 heavy (non-hydrogen) atoms. The molecule has 142 valence electrons. The van der Waals surface area contributed by atoms with Crippen LogP contribution in [0.15, 0.2) is 48.5 Å². The van der Waals surface area contributed by atoms with Gasteiger partial charge in [-0.05, 0) is 30.7 Å². The van der Waals surface area contributed by atoms with Crippen molar-refractivity contribution in [3.05, 3.63) is 65.2 Å². The normalized spacial score (nSPS) is 18.6. The van der Waals surface area contributed by atoms with E-state index in [1.807, 2.05) is 41.3 Å². The van der Waals surface area contributed by atoms with Gasteiger partial charge in [0.15, 0.2) is 5.79 Å². The van der Waals surface area contributed by atoms with Gasteiger partial charge >= 0.3 is 0 Å². The summed E-state index contributed by atoms with van der Waals surface area (Å²) in [6.45, 7) is 5.14. The summed E-state index contributed by atoms with van der Waals surface area (Å²) in [4.78, 5) is 14.7. The van der Waals surface area contributed by atoms with E-state index >= 15 is 0 Å². The van der Waals surface area contributed by atoms with Crippen molar-refractivity contribution in [2.45, 2.75) is 32.2 Å². The Hall–Kier alpha value is -2.37. The first kappa shape index (κ1) is 18.0. The van der Waals surface area contributed by atoms with Crippen LogP contribution >= 0.6 is 0 Å². The molecule has 0 unspecified atom stereocenters. The number of likely N-dealkylation sites (tertiary alicyclic amines) is 1. The van der Waals surface area contributed by atoms with Crippen LogP contribution in [-0.2, 0) is 16.1 Å². The summed E-state index contributed by atoms with van der Waals surface area (Å²) in [5.74, 6) is 0.275. The molecule has 0 atom stereocenters. The number of amides is 1. The maximum Gasteiger partial charge on any atom is 0.253 e. The minimum absolute atomic E-state index is 0.0313. The molecule has 2 aliphatic heterocycles. The van der Waals surface area contributed by atoms with Crippen molar-refractivity contribution < 1.29 is 19.0 Å². The molecule has 2 aromatic rings. The third-order valence-corrected chi connectivity index (χ3v) is 5.19. The van der Waals surface area contributed by atoms with Gasteiger partial charge in [-0.1, -0.05) is 35.9 Å². The molecule has 4 rings (SSSR count). The molecular formula is C22H25NO4.